The largest absolute Gasteiger partial charge is 0.497 e. The Bertz CT molecular complexity index is 1030. The lowest BCUT2D eigenvalue weighted by Gasteiger charge is -2.36. The van der Waals surface area contributed by atoms with Crippen LogP contribution in [0, 0.1) is 0 Å². The minimum Gasteiger partial charge on any atom is -0.497 e. The van der Waals surface area contributed by atoms with Gasteiger partial charge in [0.15, 0.2) is 5.17 Å². The predicted octanol–water partition coefficient (Wildman–Crippen LogP) is 2.67. The van der Waals surface area contributed by atoms with E-state index in [9.17, 15) is 9.59 Å². The molecule has 0 radical (unpaired) electrons. The quantitative estimate of drug-likeness (QED) is 0.518. The number of esters is 1. The van der Waals surface area contributed by atoms with Gasteiger partial charge in [-0.2, -0.15) is 0 Å². The number of nitrogens with zero attached hydrogens (tertiary/aromatic N) is 3. The number of carbonyl (C=O) groups excluding carboxylic acids is 2. The second kappa shape index (κ2) is 11.7. The highest BCUT2D eigenvalue weighted by molar-refractivity contribution is 8.16. The topological polar surface area (TPSA) is 92.7 Å². The number of carbonyl (C=O) groups is 2. The molecular formula is C25H32N4O5S. The Morgan fingerprint density at radius 1 is 1.23 bits per heavy atom. The number of aliphatic imine (C=N–C) groups is 1. The number of thioether (sulfide) groups is 1. The third-order valence-corrected chi connectivity index (χ3v) is 7.01. The molecule has 10 heteroatoms. The van der Waals surface area contributed by atoms with E-state index in [1.807, 2.05) is 41.5 Å². The van der Waals surface area contributed by atoms with E-state index < -0.39 is 12.0 Å². The molecule has 1 aromatic carbocycles. The second-order valence-corrected chi connectivity index (χ2v) is 9.20. The Balaban J connectivity index is 1.52. The van der Waals surface area contributed by atoms with E-state index in [1.54, 1.807) is 14.0 Å². The standard InChI is InChI=1S/C25H32N4O5S/c1-4-34-24(31)22-17(2)27-25-29(23(22)18-5-7-20(32-3)8-6-18)19(16-35-25)15-21(30)26-9-10-28-11-13-33-14-12-28/h5-8,16,23H,4,9-15H2,1-3H3,(H,26,30). The molecule has 3 heterocycles. The zero-order valence-electron chi connectivity index (χ0n) is 20.4. The maximum atomic E-state index is 13.0. The number of amidine groups is 1. The Morgan fingerprint density at radius 3 is 2.66 bits per heavy atom. The summed E-state index contributed by atoms with van der Waals surface area (Å²) in [5.74, 6) is 0.256. The van der Waals surface area contributed by atoms with Gasteiger partial charge in [0, 0.05) is 31.9 Å². The minimum absolute atomic E-state index is 0.0659. The highest BCUT2D eigenvalue weighted by Crippen LogP contribution is 2.45. The van der Waals surface area contributed by atoms with E-state index in [0.717, 1.165) is 55.0 Å². The Labute approximate surface area is 210 Å². The third kappa shape index (κ3) is 5.88. The van der Waals surface area contributed by atoms with Crippen molar-refractivity contribution < 1.29 is 23.8 Å². The fourth-order valence-electron chi connectivity index (χ4n) is 4.35. The lowest BCUT2D eigenvalue weighted by Crippen LogP contribution is -2.42. The van der Waals surface area contributed by atoms with Gasteiger partial charge >= 0.3 is 5.97 Å². The van der Waals surface area contributed by atoms with Gasteiger partial charge in [0.25, 0.3) is 0 Å². The van der Waals surface area contributed by atoms with Crippen LogP contribution >= 0.6 is 11.8 Å². The van der Waals surface area contributed by atoms with Crippen LogP contribution < -0.4 is 10.1 Å². The summed E-state index contributed by atoms with van der Waals surface area (Å²) >= 11 is 1.46. The number of amides is 1. The van der Waals surface area contributed by atoms with Crippen LogP contribution in [0.3, 0.4) is 0 Å². The number of allylic oxidation sites excluding steroid dienone is 1. The molecule has 0 aliphatic carbocycles. The van der Waals surface area contributed by atoms with Crippen LogP contribution in [0.25, 0.3) is 0 Å². The van der Waals surface area contributed by atoms with Crippen LogP contribution in [0.1, 0.15) is 31.9 Å². The lowest BCUT2D eigenvalue weighted by atomic mass is 9.93. The minimum atomic E-state index is -0.449. The number of benzene rings is 1. The predicted molar refractivity (Wildman–Crippen MR) is 135 cm³/mol. The Kier molecular flexibility index (Phi) is 8.48. The maximum Gasteiger partial charge on any atom is 0.338 e. The fourth-order valence-corrected chi connectivity index (χ4v) is 5.31. The number of rotatable bonds is 9. The van der Waals surface area contributed by atoms with Gasteiger partial charge in [0.1, 0.15) is 5.75 Å². The van der Waals surface area contributed by atoms with Crippen molar-refractivity contribution in [1.29, 1.82) is 0 Å². The van der Waals surface area contributed by atoms with E-state index >= 15 is 0 Å². The van der Waals surface area contributed by atoms with E-state index in [-0.39, 0.29) is 18.9 Å². The van der Waals surface area contributed by atoms with E-state index in [2.05, 4.69) is 15.2 Å². The van der Waals surface area contributed by atoms with Crippen molar-refractivity contribution in [2.45, 2.75) is 26.3 Å². The van der Waals surface area contributed by atoms with Crippen molar-refractivity contribution in [1.82, 2.24) is 15.1 Å². The fraction of sp³-hybridized carbons (Fsp3) is 0.480. The molecular weight excluding hydrogens is 468 g/mol. The van der Waals surface area contributed by atoms with Crippen LogP contribution in [-0.4, -0.2) is 80.0 Å². The maximum absolute atomic E-state index is 13.0. The Morgan fingerprint density at radius 2 is 1.97 bits per heavy atom. The molecule has 1 amide bonds. The molecule has 3 aliphatic rings. The van der Waals surface area contributed by atoms with E-state index in [1.165, 1.54) is 11.8 Å². The van der Waals surface area contributed by atoms with Gasteiger partial charge < -0.3 is 24.4 Å². The number of methoxy groups -OCH3 is 1. The summed E-state index contributed by atoms with van der Waals surface area (Å²) in [7, 11) is 1.62. The summed E-state index contributed by atoms with van der Waals surface area (Å²) < 4.78 is 16.1. The molecule has 0 bridgehead atoms. The van der Waals surface area contributed by atoms with Gasteiger partial charge in [-0.3, -0.25) is 9.69 Å². The van der Waals surface area contributed by atoms with Crippen molar-refractivity contribution in [2.75, 3.05) is 53.1 Å². The number of morpholine rings is 1. The molecule has 1 saturated heterocycles. The molecule has 4 rings (SSSR count). The molecule has 1 fully saturated rings. The summed E-state index contributed by atoms with van der Waals surface area (Å²) in [6, 6.07) is 7.15. The molecule has 1 aromatic rings. The summed E-state index contributed by atoms with van der Waals surface area (Å²) in [5.41, 5.74) is 2.78. The normalized spacial score (nSPS) is 20.2. The monoisotopic (exact) mass is 500 g/mol. The number of hydrogen-bond donors (Lipinski definition) is 1. The SMILES string of the molecule is CCOC(=O)C1=C(C)N=C2SC=C(CC(=O)NCCN3CCOCC3)N2C1c1ccc(OC)cc1. The zero-order chi connectivity index (χ0) is 24.8. The van der Waals surface area contributed by atoms with Crippen LogP contribution in [0.5, 0.6) is 5.75 Å². The molecule has 35 heavy (non-hydrogen) atoms. The lowest BCUT2D eigenvalue weighted by molar-refractivity contribution is -0.139. The first-order valence-electron chi connectivity index (χ1n) is 11.8. The molecule has 0 aromatic heterocycles. The molecule has 0 saturated carbocycles. The van der Waals surface area contributed by atoms with Crippen LogP contribution in [0.2, 0.25) is 0 Å². The van der Waals surface area contributed by atoms with Crippen molar-refractivity contribution in [3.05, 3.63) is 52.2 Å². The second-order valence-electron chi connectivity index (χ2n) is 8.37. The molecule has 9 nitrogen and oxygen atoms in total. The molecule has 1 unspecified atom stereocenters. The van der Waals surface area contributed by atoms with E-state index in [0.29, 0.717) is 17.8 Å². The molecule has 0 spiro atoms. The zero-order valence-corrected chi connectivity index (χ0v) is 21.2. The van der Waals surface area contributed by atoms with Crippen molar-refractivity contribution in [3.63, 3.8) is 0 Å². The van der Waals surface area contributed by atoms with Gasteiger partial charge in [-0.25, -0.2) is 9.79 Å². The highest BCUT2D eigenvalue weighted by Gasteiger charge is 2.41. The summed E-state index contributed by atoms with van der Waals surface area (Å²) in [5, 5.41) is 5.71. The number of ether oxygens (including phenoxy) is 3. The van der Waals surface area contributed by atoms with Crippen molar-refractivity contribution in [3.8, 4) is 5.75 Å². The summed E-state index contributed by atoms with van der Waals surface area (Å²) in [6.45, 7) is 8.49. The number of nitrogens with one attached hydrogen (secondary N) is 1. The van der Waals surface area contributed by atoms with Gasteiger partial charge in [-0.05, 0) is 37.0 Å². The van der Waals surface area contributed by atoms with Gasteiger partial charge in [-0.1, -0.05) is 23.9 Å². The van der Waals surface area contributed by atoms with Gasteiger partial charge in [-0.15, -0.1) is 0 Å². The van der Waals surface area contributed by atoms with Crippen LogP contribution in [0.15, 0.2) is 51.6 Å². The first kappa shape index (κ1) is 25.3. The average Bonchev–Trinajstić information content (AvgIpc) is 3.25. The Hall–Kier alpha value is -2.82. The number of hydrogen-bond acceptors (Lipinski definition) is 9. The smallest absolute Gasteiger partial charge is 0.338 e. The van der Waals surface area contributed by atoms with Crippen LogP contribution in [-0.2, 0) is 19.1 Å². The first-order chi connectivity index (χ1) is 17.0. The molecule has 188 valence electrons. The van der Waals surface area contributed by atoms with Gasteiger partial charge in [0.05, 0.1) is 50.7 Å². The van der Waals surface area contributed by atoms with Crippen molar-refractivity contribution in [2.24, 2.45) is 4.99 Å². The third-order valence-electron chi connectivity index (χ3n) is 6.12. The first-order valence-corrected chi connectivity index (χ1v) is 12.7. The van der Waals surface area contributed by atoms with Gasteiger partial charge in [0.2, 0.25) is 5.91 Å². The molecule has 1 atom stereocenters. The van der Waals surface area contributed by atoms with Crippen molar-refractivity contribution >= 4 is 28.8 Å². The summed E-state index contributed by atoms with van der Waals surface area (Å²) in [6.07, 6.45) is 0.191. The molecule has 3 aliphatic heterocycles. The van der Waals surface area contributed by atoms with Crippen LogP contribution in [0.4, 0.5) is 0 Å². The van der Waals surface area contributed by atoms with E-state index in [4.69, 9.17) is 14.2 Å². The average molecular weight is 501 g/mol. The molecule has 1 N–H and O–H groups in total. The highest BCUT2D eigenvalue weighted by atomic mass is 32.2. The number of fused-ring (bicyclic) bond motifs is 1. The summed E-state index contributed by atoms with van der Waals surface area (Å²) in [4.78, 5) is 34.8.